The van der Waals surface area contributed by atoms with Gasteiger partial charge >= 0.3 is 5.97 Å². The number of hydrogen-bond donors (Lipinski definition) is 2. The first kappa shape index (κ1) is 12.9. The molecule has 0 radical (unpaired) electrons. The SMILES string of the molecule is Nc1cccn2c(COc3cccnc3)nc(C(=O)O)c12. The van der Waals surface area contributed by atoms with Gasteiger partial charge in [-0.15, -0.1) is 0 Å². The summed E-state index contributed by atoms with van der Waals surface area (Å²) in [5, 5.41) is 9.22. The minimum atomic E-state index is -1.13. The van der Waals surface area contributed by atoms with Gasteiger partial charge in [0.05, 0.1) is 11.9 Å². The Bertz CT molecular complexity index is 799. The Morgan fingerprint density at radius 3 is 2.95 bits per heavy atom. The average molecular weight is 284 g/mol. The second kappa shape index (κ2) is 5.12. The number of aromatic nitrogens is 3. The topological polar surface area (TPSA) is 103 Å². The van der Waals surface area contributed by atoms with Crippen molar-refractivity contribution in [3.8, 4) is 5.75 Å². The van der Waals surface area contributed by atoms with Crippen LogP contribution in [0.1, 0.15) is 16.3 Å². The van der Waals surface area contributed by atoms with Crippen LogP contribution in [0.5, 0.6) is 5.75 Å². The van der Waals surface area contributed by atoms with Gasteiger partial charge in [0.15, 0.2) is 11.5 Å². The highest BCUT2D eigenvalue weighted by molar-refractivity contribution is 5.97. The van der Waals surface area contributed by atoms with E-state index in [9.17, 15) is 9.90 Å². The summed E-state index contributed by atoms with van der Waals surface area (Å²) in [5.74, 6) is -0.0911. The van der Waals surface area contributed by atoms with Gasteiger partial charge in [-0.3, -0.25) is 9.38 Å². The van der Waals surface area contributed by atoms with E-state index in [-0.39, 0.29) is 12.3 Å². The minimum Gasteiger partial charge on any atom is -0.484 e. The standard InChI is InChI=1S/C14H12N4O3/c15-10-4-2-6-18-11(17-12(13(10)18)14(19)20)8-21-9-3-1-5-16-7-9/h1-7H,8,15H2,(H,19,20). The maximum Gasteiger partial charge on any atom is 0.356 e. The van der Waals surface area contributed by atoms with E-state index in [4.69, 9.17) is 10.5 Å². The minimum absolute atomic E-state index is 0.0853. The Morgan fingerprint density at radius 1 is 1.38 bits per heavy atom. The van der Waals surface area contributed by atoms with Crippen LogP contribution in [0, 0.1) is 0 Å². The number of pyridine rings is 2. The monoisotopic (exact) mass is 284 g/mol. The fraction of sp³-hybridized carbons (Fsp3) is 0.0714. The summed E-state index contributed by atoms with van der Waals surface area (Å²) < 4.78 is 7.17. The number of carbonyl (C=O) groups is 1. The molecule has 3 heterocycles. The van der Waals surface area contributed by atoms with Gasteiger partial charge in [-0.25, -0.2) is 9.78 Å². The Hall–Kier alpha value is -3.09. The molecule has 0 unspecified atom stereocenters. The van der Waals surface area contributed by atoms with Crippen LogP contribution < -0.4 is 10.5 Å². The Morgan fingerprint density at radius 2 is 2.24 bits per heavy atom. The molecule has 0 aliphatic carbocycles. The van der Waals surface area contributed by atoms with Crippen molar-refractivity contribution in [2.45, 2.75) is 6.61 Å². The van der Waals surface area contributed by atoms with Crippen molar-refractivity contribution in [2.24, 2.45) is 0 Å². The van der Waals surface area contributed by atoms with Gasteiger partial charge in [-0.2, -0.15) is 0 Å². The lowest BCUT2D eigenvalue weighted by Crippen LogP contribution is -2.02. The molecule has 7 nitrogen and oxygen atoms in total. The third-order valence-electron chi connectivity index (χ3n) is 2.97. The summed E-state index contributed by atoms with van der Waals surface area (Å²) in [6.45, 7) is 0.115. The lowest BCUT2D eigenvalue weighted by atomic mass is 10.3. The van der Waals surface area contributed by atoms with Crippen molar-refractivity contribution in [1.29, 1.82) is 0 Å². The van der Waals surface area contributed by atoms with Gasteiger partial charge in [0.2, 0.25) is 0 Å². The van der Waals surface area contributed by atoms with Crippen molar-refractivity contribution >= 4 is 17.2 Å². The van der Waals surface area contributed by atoms with E-state index in [1.807, 2.05) is 0 Å². The zero-order valence-electron chi connectivity index (χ0n) is 10.9. The molecule has 0 saturated carbocycles. The highest BCUT2D eigenvalue weighted by Crippen LogP contribution is 2.21. The Kier molecular flexibility index (Phi) is 3.15. The van der Waals surface area contributed by atoms with Crippen LogP contribution in [0.25, 0.3) is 5.52 Å². The number of hydrogen-bond acceptors (Lipinski definition) is 5. The van der Waals surface area contributed by atoms with Crippen LogP contribution in [0.2, 0.25) is 0 Å². The average Bonchev–Trinajstić information content (AvgIpc) is 2.87. The molecule has 0 bridgehead atoms. The number of nitrogen functional groups attached to an aromatic ring is 1. The molecule has 3 aromatic rings. The number of ether oxygens (including phenoxy) is 1. The molecule has 0 atom stereocenters. The van der Waals surface area contributed by atoms with E-state index in [2.05, 4.69) is 9.97 Å². The normalized spacial score (nSPS) is 10.7. The lowest BCUT2D eigenvalue weighted by molar-refractivity contribution is 0.0693. The van der Waals surface area contributed by atoms with E-state index in [1.54, 1.807) is 47.3 Å². The van der Waals surface area contributed by atoms with Crippen LogP contribution in [0.4, 0.5) is 5.69 Å². The Balaban J connectivity index is 1.99. The van der Waals surface area contributed by atoms with Gasteiger partial charge in [-0.05, 0) is 24.3 Å². The number of nitrogens with zero attached hydrogens (tertiary/aromatic N) is 3. The van der Waals surface area contributed by atoms with E-state index < -0.39 is 5.97 Å². The number of fused-ring (bicyclic) bond motifs is 1. The number of nitrogens with two attached hydrogens (primary N) is 1. The molecule has 0 aromatic carbocycles. The number of imidazole rings is 1. The molecule has 0 saturated heterocycles. The van der Waals surface area contributed by atoms with Gasteiger partial charge in [0.1, 0.15) is 17.9 Å². The molecule has 0 aliphatic heterocycles. The van der Waals surface area contributed by atoms with Gasteiger partial charge in [0, 0.05) is 12.4 Å². The fourth-order valence-corrected chi connectivity index (χ4v) is 2.06. The second-order valence-corrected chi connectivity index (χ2v) is 4.34. The largest absolute Gasteiger partial charge is 0.484 e. The summed E-state index contributed by atoms with van der Waals surface area (Å²) in [6, 6.07) is 6.87. The first-order valence-electron chi connectivity index (χ1n) is 6.18. The highest BCUT2D eigenvalue weighted by atomic mass is 16.5. The highest BCUT2D eigenvalue weighted by Gasteiger charge is 2.18. The van der Waals surface area contributed by atoms with Crippen LogP contribution >= 0.6 is 0 Å². The molecule has 3 aromatic heterocycles. The smallest absolute Gasteiger partial charge is 0.356 e. The number of rotatable bonds is 4. The van der Waals surface area contributed by atoms with E-state index >= 15 is 0 Å². The predicted octanol–water partition coefficient (Wildman–Crippen LogP) is 1.59. The molecule has 7 heteroatoms. The van der Waals surface area contributed by atoms with E-state index in [0.717, 1.165) is 0 Å². The van der Waals surface area contributed by atoms with Crippen molar-refractivity contribution in [1.82, 2.24) is 14.4 Å². The van der Waals surface area contributed by atoms with Crippen molar-refractivity contribution in [2.75, 3.05) is 5.73 Å². The quantitative estimate of drug-likeness (QED) is 0.754. The summed E-state index contributed by atoms with van der Waals surface area (Å²) in [7, 11) is 0. The van der Waals surface area contributed by atoms with Gasteiger partial charge < -0.3 is 15.6 Å². The molecule has 3 rings (SSSR count). The van der Waals surface area contributed by atoms with Crippen molar-refractivity contribution in [3.05, 3.63) is 54.4 Å². The van der Waals surface area contributed by atoms with Crippen LogP contribution in [-0.4, -0.2) is 25.4 Å². The lowest BCUT2D eigenvalue weighted by Gasteiger charge is -2.05. The molecule has 21 heavy (non-hydrogen) atoms. The van der Waals surface area contributed by atoms with Crippen LogP contribution in [0.15, 0.2) is 42.9 Å². The van der Waals surface area contributed by atoms with Crippen molar-refractivity contribution < 1.29 is 14.6 Å². The van der Waals surface area contributed by atoms with Crippen LogP contribution in [-0.2, 0) is 6.61 Å². The zero-order valence-corrected chi connectivity index (χ0v) is 10.9. The third-order valence-corrected chi connectivity index (χ3v) is 2.97. The third kappa shape index (κ3) is 2.36. The summed E-state index contributed by atoms with van der Waals surface area (Å²) in [4.78, 5) is 19.3. The molecular formula is C14H12N4O3. The zero-order chi connectivity index (χ0) is 14.8. The van der Waals surface area contributed by atoms with Gasteiger partial charge in [-0.1, -0.05) is 0 Å². The molecular weight excluding hydrogens is 272 g/mol. The first-order valence-corrected chi connectivity index (χ1v) is 6.18. The number of anilines is 1. The predicted molar refractivity (Wildman–Crippen MR) is 75.1 cm³/mol. The van der Waals surface area contributed by atoms with E-state index in [0.29, 0.717) is 22.8 Å². The van der Waals surface area contributed by atoms with Crippen molar-refractivity contribution in [3.63, 3.8) is 0 Å². The Labute approximate surface area is 119 Å². The molecule has 0 amide bonds. The number of aromatic carboxylic acids is 1. The summed E-state index contributed by atoms with van der Waals surface area (Å²) in [6.07, 6.45) is 4.91. The molecule has 0 aliphatic rings. The fourth-order valence-electron chi connectivity index (χ4n) is 2.06. The van der Waals surface area contributed by atoms with E-state index in [1.165, 1.54) is 0 Å². The van der Waals surface area contributed by atoms with Gasteiger partial charge in [0.25, 0.3) is 0 Å². The summed E-state index contributed by atoms with van der Waals surface area (Å²) in [5.41, 5.74) is 6.48. The number of carboxylic acid groups (broad SMARTS) is 1. The second-order valence-electron chi connectivity index (χ2n) is 4.34. The van der Waals surface area contributed by atoms with Crippen LogP contribution in [0.3, 0.4) is 0 Å². The summed E-state index contributed by atoms with van der Waals surface area (Å²) >= 11 is 0. The first-order chi connectivity index (χ1) is 10.2. The number of carboxylic acids is 1. The molecule has 3 N–H and O–H groups in total. The molecule has 106 valence electrons. The maximum absolute atomic E-state index is 11.3. The molecule has 0 fully saturated rings. The maximum atomic E-state index is 11.3. The molecule has 0 spiro atoms.